The lowest BCUT2D eigenvalue weighted by Crippen LogP contribution is -2.40. The van der Waals surface area contributed by atoms with Gasteiger partial charge < -0.3 is 14.8 Å². The van der Waals surface area contributed by atoms with Crippen molar-refractivity contribution in [2.24, 2.45) is 0 Å². The van der Waals surface area contributed by atoms with Crippen molar-refractivity contribution < 1.29 is 19.1 Å². The Labute approximate surface area is 148 Å². The molecule has 0 aliphatic carbocycles. The van der Waals surface area contributed by atoms with Gasteiger partial charge in [-0.05, 0) is 51.1 Å². The Morgan fingerprint density at radius 1 is 0.880 bits per heavy atom. The summed E-state index contributed by atoms with van der Waals surface area (Å²) in [5, 5.41) is 2.89. The molecule has 0 aliphatic rings. The van der Waals surface area contributed by atoms with Crippen LogP contribution in [0.4, 0.5) is 0 Å². The number of hydrogen-bond acceptors (Lipinski definition) is 4. The molecule has 0 bridgehead atoms. The Hall–Kier alpha value is -2.82. The first kappa shape index (κ1) is 18.5. The third-order valence-corrected chi connectivity index (χ3v) is 3.55. The first-order valence-electron chi connectivity index (χ1n) is 7.94. The SMILES string of the molecule is COc1ccc(OC)c(C(=O)c2ccc(C(=O)NC(C)(C)C)cc2)c1. The summed E-state index contributed by atoms with van der Waals surface area (Å²) in [6.45, 7) is 5.74. The van der Waals surface area contributed by atoms with Crippen molar-refractivity contribution >= 4 is 11.7 Å². The highest BCUT2D eigenvalue weighted by Crippen LogP contribution is 2.26. The standard InChI is InChI=1S/C20H23NO4/c1-20(2,3)21-19(23)14-8-6-13(7-9-14)18(22)16-12-15(24-4)10-11-17(16)25-5/h6-12H,1-5H3,(H,21,23). The number of carbonyl (C=O) groups excluding carboxylic acids is 2. The van der Waals surface area contributed by atoms with Gasteiger partial charge in [0.05, 0.1) is 19.8 Å². The normalized spacial score (nSPS) is 10.9. The summed E-state index contributed by atoms with van der Waals surface area (Å²) in [6.07, 6.45) is 0. The molecule has 0 unspecified atom stereocenters. The second-order valence-corrected chi connectivity index (χ2v) is 6.68. The summed E-state index contributed by atoms with van der Waals surface area (Å²) >= 11 is 0. The molecule has 2 aromatic carbocycles. The minimum Gasteiger partial charge on any atom is -0.497 e. The molecule has 0 aromatic heterocycles. The van der Waals surface area contributed by atoms with Crippen LogP contribution in [0.25, 0.3) is 0 Å². The molecule has 5 nitrogen and oxygen atoms in total. The fraction of sp³-hybridized carbons (Fsp3) is 0.300. The number of ketones is 1. The van der Waals surface area contributed by atoms with Crippen molar-refractivity contribution in [1.82, 2.24) is 5.32 Å². The van der Waals surface area contributed by atoms with Crippen molar-refractivity contribution in [3.05, 3.63) is 59.2 Å². The molecule has 132 valence electrons. The summed E-state index contributed by atoms with van der Waals surface area (Å²) in [6, 6.07) is 11.6. The summed E-state index contributed by atoms with van der Waals surface area (Å²) in [4.78, 5) is 24.9. The molecule has 0 aliphatic heterocycles. The molecule has 0 atom stereocenters. The molecule has 0 fully saturated rings. The fourth-order valence-corrected chi connectivity index (χ4v) is 2.33. The highest BCUT2D eigenvalue weighted by Gasteiger charge is 2.18. The molecular weight excluding hydrogens is 318 g/mol. The molecule has 2 aromatic rings. The van der Waals surface area contributed by atoms with E-state index in [1.165, 1.54) is 7.11 Å². The zero-order valence-corrected chi connectivity index (χ0v) is 15.2. The quantitative estimate of drug-likeness (QED) is 0.846. The maximum absolute atomic E-state index is 12.8. The fourth-order valence-electron chi connectivity index (χ4n) is 2.33. The lowest BCUT2D eigenvalue weighted by atomic mass is 10.0. The molecule has 0 heterocycles. The Balaban J connectivity index is 2.28. The smallest absolute Gasteiger partial charge is 0.251 e. The number of hydrogen-bond donors (Lipinski definition) is 1. The number of carbonyl (C=O) groups is 2. The Morgan fingerprint density at radius 2 is 1.48 bits per heavy atom. The number of amides is 1. The van der Waals surface area contributed by atoms with Crippen molar-refractivity contribution in [2.75, 3.05) is 14.2 Å². The van der Waals surface area contributed by atoms with Gasteiger partial charge in [0, 0.05) is 16.7 Å². The number of benzene rings is 2. The molecule has 0 radical (unpaired) electrons. The van der Waals surface area contributed by atoms with Crippen molar-refractivity contribution in [1.29, 1.82) is 0 Å². The van der Waals surface area contributed by atoms with Crippen molar-refractivity contribution in [3.8, 4) is 11.5 Å². The highest BCUT2D eigenvalue weighted by atomic mass is 16.5. The van der Waals surface area contributed by atoms with E-state index in [-0.39, 0.29) is 17.2 Å². The van der Waals surface area contributed by atoms with E-state index in [0.29, 0.717) is 28.2 Å². The summed E-state index contributed by atoms with van der Waals surface area (Å²) in [7, 11) is 3.05. The van der Waals surface area contributed by atoms with Crippen LogP contribution in [-0.2, 0) is 0 Å². The van der Waals surface area contributed by atoms with Gasteiger partial charge in [-0.2, -0.15) is 0 Å². The van der Waals surface area contributed by atoms with Gasteiger partial charge in [-0.3, -0.25) is 9.59 Å². The van der Waals surface area contributed by atoms with E-state index in [0.717, 1.165) is 0 Å². The minimum atomic E-state index is -0.320. The monoisotopic (exact) mass is 341 g/mol. The molecule has 25 heavy (non-hydrogen) atoms. The summed E-state index contributed by atoms with van der Waals surface area (Å²) in [5.74, 6) is 0.676. The van der Waals surface area contributed by atoms with E-state index >= 15 is 0 Å². The predicted octanol–water partition coefficient (Wildman–Crippen LogP) is 3.46. The second kappa shape index (κ2) is 7.38. The van der Waals surface area contributed by atoms with Crippen LogP contribution in [0, 0.1) is 0 Å². The maximum Gasteiger partial charge on any atom is 0.251 e. The lowest BCUT2D eigenvalue weighted by molar-refractivity contribution is 0.0918. The second-order valence-electron chi connectivity index (χ2n) is 6.68. The zero-order valence-electron chi connectivity index (χ0n) is 15.2. The molecular formula is C20H23NO4. The average Bonchev–Trinajstić information content (AvgIpc) is 2.59. The van der Waals surface area contributed by atoms with Crippen LogP contribution in [-0.4, -0.2) is 31.4 Å². The van der Waals surface area contributed by atoms with Crippen LogP contribution in [0.1, 0.15) is 47.1 Å². The average molecular weight is 341 g/mol. The molecule has 1 N–H and O–H groups in total. The third kappa shape index (κ3) is 4.59. The maximum atomic E-state index is 12.8. The van der Waals surface area contributed by atoms with Gasteiger partial charge in [-0.15, -0.1) is 0 Å². The van der Waals surface area contributed by atoms with E-state index in [1.807, 2.05) is 20.8 Å². The van der Waals surface area contributed by atoms with Crippen LogP contribution in [0.15, 0.2) is 42.5 Å². The van der Waals surface area contributed by atoms with Crippen molar-refractivity contribution in [2.45, 2.75) is 26.3 Å². The van der Waals surface area contributed by atoms with Gasteiger partial charge in [-0.1, -0.05) is 12.1 Å². The van der Waals surface area contributed by atoms with Crippen LogP contribution >= 0.6 is 0 Å². The zero-order chi connectivity index (χ0) is 18.6. The molecule has 0 saturated heterocycles. The van der Waals surface area contributed by atoms with Gasteiger partial charge >= 0.3 is 0 Å². The molecule has 1 amide bonds. The Kier molecular flexibility index (Phi) is 5.47. The number of rotatable bonds is 5. The van der Waals surface area contributed by atoms with Gasteiger partial charge in [0.1, 0.15) is 11.5 Å². The first-order chi connectivity index (χ1) is 11.7. The molecule has 2 rings (SSSR count). The predicted molar refractivity (Wildman–Crippen MR) is 96.6 cm³/mol. The lowest BCUT2D eigenvalue weighted by Gasteiger charge is -2.20. The summed E-state index contributed by atoms with van der Waals surface area (Å²) < 4.78 is 10.4. The van der Waals surface area contributed by atoms with Crippen LogP contribution < -0.4 is 14.8 Å². The number of methoxy groups -OCH3 is 2. The van der Waals surface area contributed by atoms with E-state index in [4.69, 9.17) is 9.47 Å². The third-order valence-electron chi connectivity index (χ3n) is 3.55. The topological polar surface area (TPSA) is 64.6 Å². The molecule has 5 heteroatoms. The highest BCUT2D eigenvalue weighted by molar-refractivity contribution is 6.11. The van der Waals surface area contributed by atoms with Gasteiger partial charge in [0.2, 0.25) is 0 Å². The van der Waals surface area contributed by atoms with E-state index in [9.17, 15) is 9.59 Å². The molecule has 0 saturated carbocycles. The van der Waals surface area contributed by atoms with Gasteiger partial charge in [0.25, 0.3) is 5.91 Å². The van der Waals surface area contributed by atoms with Gasteiger partial charge in [0.15, 0.2) is 5.78 Å². The Morgan fingerprint density at radius 3 is 2.00 bits per heavy atom. The van der Waals surface area contributed by atoms with E-state index in [1.54, 1.807) is 49.6 Å². The van der Waals surface area contributed by atoms with Crippen LogP contribution in [0.2, 0.25) is 0 Å². The summed E-state index contributed by atoms with van der Waals surface area (Å²) in [5.41, 5.74) is 1.07. The van der Waals surface area contributed by atoms with Crippen molar-refractivity contribution in [3.63, 3.8) is 0 Å². The Bertz CT molecular complexity index is 773. The van der Waals surface area contributed by atoms with E-state index < -0.39 is 0 Å². The van der Waals surface area contributed by atoms with E-state index in [2.05, 4.69) is 5.32 Å². The van der Waals surface area contributed by atoms with Crippen LogP contribution in [0.3, 0.4) is 0 Å². The number of nitrogens with one attached hydrogen (secondary N) is 1. The first-order valence-corrected chi connectivity index (χ1v) is 7.94. The van der Waals surface area contributed by atoms with Crippen LogP contribution in [0.5, 0.6) is 11.5 Å². The largest absolute Gasteiger partial charge is 0.497 e. The molecule has 0 spiro atoms. The number of ether oxygens (including phenoxy) is 2. The minimum absolute atomic E-state index is 0.176. The van der Waals surface area contributed by atoms with Gasteiger partial charge in [-0.25, -0.2) is 0 Å².